The number of pyridine rings is 2. The van der Waals surface area contributed by atoms with Gasteiger partial charge >= 0.3 is 0 Å². The van der Waals surface area contributed by atoms with Gasteiger partial charge in [0.1, 0.15) is 12.4 Å². The normalized spacial score (nSPS) is 16.3. The smallest absolute Gasteiger partial charge is 0.215 e. The van der Waals surface area contributed by atoms with Crippen molar-refractivity contribution in [2.24, 2.45) is 0 Å². The van der Waals surface area contributed by atoms with Crippen molar-refractivity contribution in [2.75, 3.05) is 31.1 Å². The Bertz CT molecular complexity index is 671. The molecule has 1 atom stereocenters. The van der Waals surface area contributed by atoms with Crippen LogP contribution in [0.15, 0.2) is 42.7 Å². The van der Waals surface area contributed by atoms with Crippen molar-refractivity contribution >= 4 is 5.82 Å². The molecule has 5 heteroatoms. The summed E-state index contributed by atoms with van der Waals surface area (Å²) in [5.41, 5.74) is 1.10. The molecule has 0 N–H and O–H groups in total. The maximum Gasteiger partial charge on any atom is 0.215 e. The first kappa shape index (κ1) is 19.6. The molecule has 3 rings (SSSR count). The largest absolute Gasteiger partial charge is 0.473 e. The van der Waals surface area contributed by atoms with Crippen LogP contribution in [-0.2, 0) is 6.61 Å². The van der Waals surface area contributed by atoms with Gasteiger partial charge in [0.05, 0.1) is 0 Å². The van der Waals surface area contributed by atoms with Crippen LogP contribution in [0.25, 0.3) is 0 Å². The van der Waals surface area contributed by atoms with Gasteiger partial charge in [-0.25, -0.2) is 0 Å². The number of unbranched alkanes of at least 4 members (excludes halogenated alkanes) is 2. The van der Waals surface area contributed by atoms with Crippen molar-refractivity contribution in [2.45, 2.75) is 52.2 Å². The SMILES string of the molecule is CCCCCC(C)N1CCN(c2cccc(OCc3ccncc3)n2)CC1. The quantitative estimate of drug-likeness (QED) is 0.622. The number of rotatable bonds is 9. The van der Waals surface area contributed by atoms with Gasteiger partial charge in [-0.1, -0.05) is 32.3 Å². The minimum Gasteiger partial charge on any atom is -0.473 e. The van der Waals surface area contributed by atoms with Gasteiger partial charge < -0.3 is 9.64 Å². The number of aromatic nitrogens is 2. The van der Waals surface area contributed by atoms with E-state index in [2.05, 4.69) is 34.7 Å². The summed E-state index contributed by atoms with van der Waals surface area (Å²) >= 11 is 0. The molecule has 1 aliphatic heterocycles. The number of nitrogens with zero attached hydrogens (tertiary/aromatic N) is 4. The van der Waals surface area contributed by atoms with E-state index in [1.807, 2.05) is 24.3 Å². The molecule has 0 spiro atoms. The monoisotopic (exact) mass is 368 g/mol. The molecule has 0 radical (unpaired) electrons. The molecule has 2 aromatic rings. The molecule has 146 valence electrons. The van der Waals surface area contributed by atoms with Crippen molar-refractivity contribution in [3.05, 3.63) is 48.3 Å². The fraction of sp³-hybridized carbons (Fsp3) is 0.545. The van der Waals surface area contributed by atoms with Gasteiger partial charge in [0.15, 0.2) is 0 Å². The summed E-state index contributed by atoms with van der Waals surface area (Å²) in [5, 5.41) is 0. The van der Waals surface area contributed by atoms with Crippen LogP contribution < -0.4 is 9.64 Å². The first-order chi connectivity index (χ1) is 13.3. The number of hydrogen-bond donors (Lipinski definition) is 0. The second kappa shape index (κ2) is 10.3. The topological polar surface area (TPSA) is 41.5 Å². The van der Waals surface area contributed by atoms with Gasteiger partial charge in [0, 0.05) is 50.7 Å². The molecule has 0 aliphatic carbocycles. The Morgan fingerprint density at radius 1 is 1.04 bits per heavy atom. The van der Waals surface area contributed by atoms with E-state index in [0.717, 1.165) is 37.6 Å². The third-order valence-corrected chi connectivity index (χ3v) is 5.33. The zero-order valence-electron chi connectivity index (χ0n) is 16.7. The Morgan fingerprint density at radius 3 is 2.56 bits per heavy atom. The molecular formula is C22H32N4O. The van der Waals surface area contributed by atoms with Crippen molar-refractivity contribution in [3.8, 4) is 5.88 Å². The van der Waals surface area contributed by atoms with Crippen LogP contribution >= 0.6 is 0 Å². The van der Waals surface area contributed by atoms with E-state index < -0.39 is 0 Å². The van der Waals surface area contributed by atoms with Crippen LogP contribution in [0, 0.1) is 0 Å². The molecule has 1 fully saturated rings. The van der Waals surface area contributed by atoms with E-state index in [0.29, 0.717) is 18.5 Å². The van der Waals surface area contributed by atoms with Gasteiger partial charge in [-0.2, -0.15) is 4.98 Å². The number of hydrogen-bond acceptors (Lipinski definition) is 5. The standard InChI is InChI=1S/C22H32N4O/c1-3-4-5-7-19(2)25-14-16-26(17-15-25)21-8-6-9-22(24-21)27-18-20-10-12-23-13-11-20/h6,8-13,19H,3-5,7,14-18H2,1-2H3. The van der Waals surface area contributed by atoms with Gasteiger partial charge in [0.2, 0.25) is 5.88 Å². The summed E-state index contributed by atoms with van der Waals surface area (Å²) < 4.78 is 5.86. The predicted octanol–water partition coefficient (Wildman–Crippen LogP) is 4.15. The van der Waals surface area contributed by atoms with Gasteiger partial charge in [-0.3, -0.25) is 9.88 Å². The van der Waals surface area contributed by atoms with Crippen LogP contribution in [-0.4, -0.2) is 47.1 Å². The van der Waals surface area contributed by atoms with E-state index in [1.165, 1.54) is 25.7 Å². The minimum atomic E-state index is 0.516. The third kappa shape index (κ3) is 5.93. The fourth-order valence-corrected chi connectivity index (χ4v) is 3.56. The van der Waals surface area contributed by atoms with Crippen LogP contribution in [0.1, 0.15) is 45.1 Å². The molecule has 3 heterocycles. The van der Waals surface area contributed by atoms with Crippen molar-refractivity contribution < 1.29 is 4.74 Å². The van der Waals surface area contributed by atoms with Crippen LogP contribution in [0.4, 0.5) is 5.82 Å². The van der Waals surface area contributed by atoms with E-state index in [9.17, 15) is 0 Å². The van der Waals surface area contributed by atoms with E-state index >= 15 is 0 Å². The van der Waals surface area contributed by atoms with Gasteiger partial charge in [-0.05, 0) is 37.1 Å². The molecule has 0 aromatic carbocycles. The Morgan fingerprint density at radius 2 is 1.81 bits per heavy atom. The zero-order chi connectivity index (χ0) is 18.9. The fourth-order valence-electron chi connectivity index (χ4n) is 3.56. The lowest BCUT2D eigenvalue weighted by Crippen LogP contribution is -2.49. The molecule has 1 saturated heterocycles. The number of anilines is 1. The Kier molecular flexibility index (Phi) is 7.45. The van der Waals surface area contributed by atoms with Crippen LogP contribution in [0.3, 0.4) is 0 Å². The van der Waals surface area contributed by atoms with E-state index in [-0.39, 0.29) is 0 Å². The molecule has 0 amide bonds. The van der Waals surface area contributed by atoms with Crippen molar-refractivity contribution in [3.63, 3.8) is 0 Å². The maximum atomic E-state index is 5.86. The maximum absolute atomic E-state index is 5.86. The lowest BCUT2D eigenvalue weighted by atomic mass is 10.1. The number of piperazine rings is 1. The second-order valence-electron chi connectivity index (χ2n) is 7.35. The second-order valence-corrected chi connectivity index (χ2v) is 7.35. The van der Waals surface area contributed by atoms with E-state index in [4.69, 9.17) is 9.72 Å². The highest BCUT2D eigenvalue weighted by atomic mass is 16.5. The highest BCUT2D eigenvalue weighted by Gasteiger charge is 2.21. The summed E-state index contributed by atoms with van der Waals surface area (Å²) in [6, 6.07) is 10.7. The number of ether oxygens (including phenoxy) is 1. The summed E-state index contributed by atoms with van der Waals surface area (Å²) in [4.78, 5) is 13.7. The average molecular weight is 369 g/mol. The lowest BCUT2D eigenvalue weighted by Gasteiger charge is -2.38. The third-order valence-electron chi connectivity index (χ3n) is 5.33. The minimum absolute atomic E-state index is 0.516. The van der Waals surface area contributed by atoms with E-state index in [1.54, 1.807) is 12.4 Å². The van der Waals surface area contributed by atoms with Crippen LogP contribution in [0.5, 0.6) is 5.88 Å². The molecule has 1 aliphatic rings. The first-order valence-electron chi connectivity index (χ1n) is 10.2. The van der Waals surface area contributed by atoms with Gasteiger partial charge in [0.25, 0.3) is 0 Å². The summed E-state index contributed by atoms with van der Waals surface area (Å²) in [7, 11) is 0. The van der Waals surface area contributed by atoms with Crippen molar-refractivity contribution in [1.29, 1.82) is 0 Å². The average Bonchev–Trinajstić information content (AvgIpc) is 2.73. The molecule has 2 aromatic heterocycles. The molecule has 27 heavy (non-hydrogen) atoms. The molecular weight excluding hydrogens is 336 g/mol. The lowest BCUT2D eigenvalue weighted by molar-refractivity contribution is 0.185. The summed E-state index contributed by atoms with van der Waals surface area (Å²) in [6.45, 7) is 9.43. The van der Waals surface area contributed by atoms with Crippen LogP contribution in [0.2, 0.25) is 0 Å². The zero-order valence-corrected chi connectivity index (χ0v) is 16.7. The van der Waals surface area contributed by atoms with Crippen molar-refractivity contribution in [1.82, 2.24) is 14.9 Å². The first-order valence-corrected chi connectivity index (χ1v) is 10.2. The highest BCUT2D eigenvalue weighted by Crippen LogP contribution is 2.20. The highest BCUT2D eigenvalue weighted by molar-refractivity contribution is 5.41. The molecule has 0 saturated carbocycles. The molecule has 5 nitrogen and oxygen atoms in total. The summed E-state index contributed by atoms with van der Waals surface area (Å²) in [6.07, 6.45) is 8.86. The van der Waals surface area contributed by atoms with Gasteiger partial charge in [-0.15, -0.1) is 0 Å². The predicted molar refractivity (Wildman–Crippen MR) is 110 cm³/mol. The summed E-state index contributed by atoms with van der Waals surface area (Å²) in [5.74, 6) is 1.69. The Hall–Kier alpha value is -2.14. The Labute approximate surface area is 163 Å². The molecule has 1 unspecified atom stereocenters. The Balaban J connectivity index is 1.49. The molecule has 0 bridgehead atoms.